The van der Waals surface area contributed by atoms with Gasteiger partial charge in [0.1, 0.15) is 11.9 Å². The Bertz CT molecular complexity index is 708. The highest BCUT2D eigenvalue weighted by molar-refractivity contribution is 7.99. The predicted molar refractivity (Wildman–Crippen MR) is 108 cm³/mol. The second-order valence-corrected chi connectivity index (χ2v) is 7.89. The van der Waals surface area contributed by atoms with Crippen LogP contribution in [0.25, 0.3) is 0 Å². The average Bonchev–Trinajstić information content (AvgIpc) is 3.21. The van der Waals surface area contributed by atoms with E-state index in [4.69, 9.17) is 4.42 Å². The van der Waals surface area contributed by atoms with Crippen molar-refractivity contribution in [2.24, 2.45) is 0 Å². The van der Waals surface area contributed by atoms with Gasteiger partial charge >= 0.3 is 0 Å². The fraction of sp³-hybridized carbons (Fsp3) is 0.368. The summed E-state index contributed by atoms with van der Waals surface area (Å²) in [6.45, 7) is 0.513. The lowest BCUT2D eigenvalue weighted by Gasteiger charge is -2.17. The first-order valence-electron chi connectivity index (χ1n) is 8.59. The van der Waals surface area contributed by atoms with Crippen LogP contribution >= 0.6 is 23.5 Å². The number of hydrogen-bond acceptors (Lipinski definition) is 5. The van der Waals surface area contributed by atoms with E-state index in [0.717, 1.165) is 22.8 Å². The first-order valence-corrected chi connectivity index (χ1v) is 11.0. The Balaban J connectivity index is 1.73. The zero-order chi connectivity index (χ0) is 19.5. The first kappa shape index (κ1) is 21.4. The number of nitrogens with one attached hydrogen (secondary N) is 2. The highest BCUT2D eigenvalue weighted by Crippen LogP contribution is 2.18. The summed E-state index contributed by atoms with van der Waals surface area (Å²) in [7, 11) is 0. The molecule has 1 heterocycles. The summed E-state index contributed by atoms with van der Waals surface area (Å²) in [6, 6.07) is 8.93. The van der Waals surface area contributed by atoms with Crippen LogP contribution in [0.2, 0.25) is 0 Å². The van der Waals surface area contributed by atoms with Crippen molar-refractivity contribution in [2.75, 3.05) is 24.3 Å². The van der Waals surface area contributed by atoms with Gasteiger partial charge in [0.25, 0.3) is 5.91 Å². The Hall–Kier alpha value is -1.93. The monoisotopic (exact) mass is 410 g/mol. The molecular weight excluding hydrogens is 387 g/mol. The maximum absolute atomic E-state index is 12.9. The summed E-state index contributed by atoms with van der Waals surface area (Å²) in [4.78, 5) is 25.5. The highest BCUT2D eigenvalue weighted by Gasteiger charge is 2.21. The predicted octanol–water partition coefficient (Wildman–Crippen LogP) is 3.57. The summed E-state index contributed by atoms with van der Waals surface area (Å²) in [6.07, 6.45) is 4.69. The van der Waals surface area contributed by atoms with Crippen molar-refractivity contribution in [1.82, 2.24) is 10.6 Å². The number of benzene rings is 1. The van der Waals surface area contributed by atoms with Gasteiger partial charge in [-0.2, -0.15) is 11.8 Å². The molecule has 8 heteroatoms. The van der Waals surface area contributed by atoms with Crippen molar-refractivity contribution < 1.29 is 18.4 Å². The van der Waals surface area contributed by atoms with Crippen molar-refractivity contribution in [2.45, 2.75) is 23.8 Å². The van der Waals surface area contributed by atoms with Crippen LogP contribution in [0.15, 0.2) is 52.0 Å². The lowest BCUT2D eigenvalue weighted by molar-refractivity contribution is -0.123. The normalized spacial score (nSPS) is 11.8. The molecule has 2 rings (SSSR count). The van der Waals surface area contributed by atoms with Gasteiger partial charge in [-0.25, -0.2) is 4.39 Å². The molecular formula is C19H23FN2O3S2. The zero-order valence-electron chi connectivity index (χ0n) is 15.1. The van der Waals surface area contributed by atoms with Crippen LogP contribution < -0.4 is 10.6 Å². The number of amides is 2. The van der Waals surface area contributed by atoms with Gasteiger partial charge in [-0.05, 0) is 67.0 Å². The molecule has 2 aromatic rings. The van der Waals surface area contributed by atoms with Crippen molar-refractivity contribution in [1.29, 1.82) is 0 Å². The lowest BCUT2D eigenvalue weighted by atomic mass is 10.2. The molecule has 146 valence electrons. The maximum Gasteiger partial charge on any atom is 0.287 e. The molecule has 0 aliphatic heterocycles. The van der Waals surface area contributed by atoms with Crippen molar-refractivity contribution in [3.8, 4) is 0 Å². The Morgan fingerprint density at radius 2 is 1.96 bits per heavy atom. The standard InChI is InChI=1S/C19H23FN2O3S2/c1-26-13-9-16(22-19(24)17-4-2-11-25-17)18(23)21-10-3-12-27-15-7-5-14(20)6-8-15/h2,4-8,11,16H,3,9-10,12-13H2,1H3,(H,21,23)(H,22,24). The number of furan rings is 1. The smallest absolute Gasteiger partial charge is 0.287 e. The average molecular weight is 411 g/mol. The molecule has 0 radical (unpaired) electrons. The minimum absolute atomic E-state index is 0.188. The summed E-state index contributed by atoms with van der Waals surface area (Å²) >= 11 is 3.23. The Labute approximate surface area is 166 Å². The van der Waals surface area contributed by atoms with E-state index < -0.39 is 11.9 Å². The van der Waals surface area contributed by atoms with E-state index in [1.807, 2.05) is 6.26 Å². The fourth-order valence-corrected chi connectivity index (χ4v) is 3.59. The molecule has 27 heavy (non-hydrogen) atoms. The molecule has 1 atom stereocenters. The third-order valence-corrected chi connectivity index (χ3v) is 5.42. The quantitative estimate of drug-likeness (QED) is 0.438. The molecule has 1 aromatic heterocycles. The van der Waals surface area contributed by atoms with E-state index in [1.165, 1.54) is 18.4 Å². The molecule has 0 spiro atoms. The van der Waals surface area contributed by atoms with Gasteiger partial charge in [0.2, 0.25) is 5.91 Å². The Morgan fingerprint density at radius 3 is 2.63 bits per heavy atom. The molecule has 0 fully saturated rings. The Morgan fingerprint density at radius 1 is 1.19 bits per heavy atom. The van der Waals surface area contributed by atoms with Gasteiger partial charge in [-0.3, -0.25) is 9.59 Å². The van der Waals surface area contributed by atoms with Gasteiger partial charge < -0.3 is 15.1 Å². The van der Waals surface area contributed by atoms with Crippen LogP contribution in [0.1, 0.15) is 23.4 Å². The highest BCUT2D eigenvalue weighted by atomic mass is 32.2. The first-order chi connectivity index (χ1) is 13.1. The molecule has 2 amide bonds. The number of halogens is 1. The molecule has 1 unspecified atom stereocenters. The maximum atomic E-state index is 12.9. The Kier molecular flexibility index (Phi) is 9.27. The summed E-state index contributed by atoms with van der Waals surface area (Å²) in [5.74, 6) is 0.910. The fourth-order valence-electron chi connectivity index (χ4n) is 2.27. The third-order valence-electron chi connectivity index (χ3n) is 3.68. The summed E-state index contributed by atoms with van der Waals surface area (Å²) < 4.78 is 17.9. The number of carbonyl (C=O) groups is 2. The van der Waals surface area contributed by atoms with E-state index in [1.54, 1.807) is 47.8 Å². The van der Waals surface area contributed by atoms with E-state index in [2.05, 4.69) is 10.6 Å². The second kappa shape index (κ2) is 11.7. The molecule has 0 bridgehead atoms. The van der Waals surface area contributed by atoms with Crippen LogP contribution in [0.4, 0.5) is 4.39 Å². The van der Waals surface area contributed by atoms with Crippen LogP contribution in [-0.4, -0.2) is 42.2 Å². The minimum atomic E-state index is -0.597. The summed E-state index contributed by atoms with van der Waals surface area (Å²) in [5.41, 5.74) is 0. The molecule has 5 nitrogen and oxygen atoms in total. The van der Waals surface area contributed by atoms with Gasteiger partial charge in [0, 0.05) is 11.4 Å². The van der Waals surface area contributed by atoms with Crippen molar-refractivity contribution in [3.63, 3.8) is 0 Å². The topological polar surface area (TPSA) is 71.3 Å². The van der Waals surface area contributed by atoms with Crippen LogP contribution in [-0.2, 0) is 4.79 Å². The third kappa shape index (κ3) is 7.68. The molecule has 2 N–H and O–H groups in total. The largest absolute Gasteiger partial charge is 0.459 e. The van der Waals surface area contributed by atoms with Crippen LogP contribution in [0, 0.1) is 5.82 Å². The molecule has 1 aromatic carbocycles. The van der Waals surface area contributed by atoms with Gasteiger partial charge in [-0.1, -0.05) is 0 Å². The molecule has 0 saturated carbocycles. The minimum Gasteiger partial charge on any atom is -0.459 e. The van der Waals surface area contributed by atoms with E-state index >= 15 is 0 Å². The zero-order valence-corrected chi connectivity index (χ0v) is 16.7. The van der Waals surface area contributed by atoms with Crippen molar-refractivity contribution in [3.05, 3.63) is 54.2 Å². The van der Waals surface area contributed by atoms with Gasteiger partial charge in [0.05, 0.1) is 6.26 Å². The van der Waals surface area contributed by atoms with E-state index in [9.17, 15) is 14.0 Å². The molecule has 0 aliphatic carbocycles. The number of carbonyl (C=O) groups excluding carboxylic acids is 2. The molecule has 0 aliphatic rings. The number of hydrogen-bond donors (Lipinski definition) is 2. The van der Waals surface area contributed by atoms with Crippen LogP contribution in [0.3, 0.4) is 0 Å². The van der Waals surface area contributed by atoms with Gasteiger partial charge in [0.15, 0.2) is 5.76 Å². The summed E-state index contributed by atoms with van der Waals surface area (Å²) in [5, 5.41) is 5.60. The lowest BCUT2D eigenvalue weighted by Crippen LogP contribution is -2.47. The SMILES string of the molecule is CSCCC(NC(=O)c1ccco1)C(=O)NCCCSc1ccc(F)cc1. The van der Waals surface area contributed by atoms with E-state index in [-0.39, 0.29) is 17.5 Å². The van der Waals surface area contributed by atoms with Gasteiger partial charge in [-0.15, -0.1) is 11.8 Å². The van der Waals surface area contributed by atoms with E-state index in [0.29, 0.717) is 13.0 Å². The number of thioether (sulfide) groups is 2. The van der Waals surface area contributed by atoms with Crippen LogP contribution in [0.5, 0.6) is 0 Å². The number of rotatable bonds is 11. The van der Waals surface area contributed by atoms with Crippen molar-refractivity contribution >= 4 is 35.3 Å². The second-order valence-electron chi connectivity index (χ2n) is 5.73. The molecule has 0 saturated heterocycles.